The van der Waals surface area contributed by atoms with Gasteiger partial charge >= 0.3 is 0 Å². The summed E-state index contributed by atoms with van der Waals surface area (Å²) in [4.78, 5) is 17.5. The fourth-order valence-electron chi connectivity index (χ4n) is 2.39. The highest BCUT2D eigenvalue weighted by molar-refractivity contribution is 7.15. The number of benzene rings is 1. The number of anilines is 1. The van der Waals surface area contributed by atoms with Gasteiger partial charge in [-0.05, 0) is 18.6 Å². The van der Waals surface area contributed by atoms with Crippen molar-refractivity contribution < 1.29 is 13.9 Å². The molecule has 0 radical (unpaired) electrons. The van der Waals surface area contributed by atoms with Crippen molar-refractivity contribution in [2.45, 2.75) is 19.4 Å². The van der Waals surface area contributed by atoms with Crippen LogP contribution in [0, 0.1) is 12.7 Å². The van der Waals surface area contributed by atoms with Crippen LogP contribution in [0.4, 0.5) is 9.52 Å². The molecule has 2 aromatic rings. The van der Waals surface area contributed by atoms with Gasteiger partial charge in [-0.2, -0.15) is 0 Å². The zero-order valence-electron chi connectivity index (χ0n) is 12.8. The summed E-state index contributed by atoms with van der Waals surface area (Å²) in [6.07, 6.45) is 0.469. The van der Waals surface area contributed by atoms with Crippen LogP contribution >= 0.6 is 11.3 Å². The zero-order chi connectivity index (χ0) is 16.2. The SMILES string of the molecule is Cc1nc(NC(=O)C2COCCN2)sc1Cc1ccccc1F. The molecule has 1 aromatic carbocycles. The third-order valence-electron chi connectivity index (χ3n) is 3.67. The van der Waals surface area contributed by atoms with E-state index in [0.717, 1.165) is 10.6 Å². The van der Waals surface area contributed by atoms with E-state index < -0.39 is 0 Å². The van der Waals surface area contributed by atoms with Gasteiger partial charge in [-0.15, -0.1) is 11.3 Å². The number of hydrogen-bond acceptors (Lipinski definition) is 5. The third-order valence-corrected chi connectivity index (χ3v) is 4.74. The molecule has 2 heterocycles. The van der Waals surface area contributed by atoms with Gasteiger partial charge in [0.1, 0.15) is 11.9 Å². The van der Waals surface area contributed by atoms with Gasteiger partial charge in [-0.3, -0.25) is 4.79 Å². The second-order valence-corrected chi connectivity index (χ2v) is 6.45. The third kappa shape index (κ3) is 3.93. The summed E-state index contributed by atoms with van der Waals surface area (Å²) in [5.74, 6) is -0.384. The number of amides is 1. The molecular formula is C16H18FN3O2S. The molecule has 1 aliphatic heterocycles. The van der Waals surface area contributed by atoms with Crippen LogP contribution in [0.2, 0.25) is 0 Å². The van der Waals surface area contributed by atoms with Gasteiger partial charge in [0.2, 0.25) is 5.91 Å². The molecule has 0 spiro atoms. The van der Waals surface area contributed by atoms with Crippen LogP contribution in [0.15, 0.2) is 24.3 Å². The average Bonchev–Trinajstić information content (AvgIpc) is 2.90. The minimum Gasteiger partial charge on any atom is -0.378 e. The normalized spacial score (nSPS) is 17.9. The van der Waals surface area contributed by atoms with Crippen molar-refractivity contribution >= 4 is 22.4 Å². The first kappa shape index (κ1) is 16.0. The number of nitrogens with one attached hydrogen (secondary N) is 2. The molecule has 7 heteroatoms. The maximum absolute atomic E-state index is 13.8. The molecule has 1 atom stereocenters. The smallest absolute Gasteiger partial charge is 0.245 e. The number of rotatable bonds is 4. The van der Waals surface area contributed by atoms with E-state index in [4.69, 9.17) is 4.74 Å². The molecule has 1 unspecified atom stereocenters. The molecule has 0 saturated carbocycles. The molecule has 0 bridgehead atoms. The number of carbonyl (C=O) groups excluding carboxylic acids is 1. The Balaban J connectivity index is 1.68. The number of aryl methyl sites for hydroxylation is 1. The highest BCUT2D eigenvalue weighted by atomic mass is 32.1. The Morgan fingerprint density at radius 3 is 3.09 bits per heavy atom. The first-order valence-corrected chi connectivity index (χ1v) is 8.27. The summed E-state index contributed by atoms with van der Waals surface area (Å²) >= 11 is 1.38. The van der Waals surface area contributed by atoms with Gasteiger partial charge < -0.3 is 15.4 Å². The lowest BCUT2D eigenvalue weighted by Crippen LogP contribution is -2.48. The highest BCUT2D eigenvalue weighted by Gasteiger charge is 2.22. The summed E-state index contributed by atoms with van der Waals surface area (Å²) in [7, 11) is 0. The lowest BCUT2D eigenvalue weighted by atomic mass is 10.1. The van der Waals surface area contributed by atoms with Crippen LogP contribution in [-0.4, -0.2) is 36.7 Å². The minimum absolute atomic E-state index is 0.157. The number of ether oxygens (including phenoxy) is 1. The monoisotopic (exact) mass is 335 g/mol. The molecule has 1 fully saturated rings. The van der Waals surface area contributed by atoms with Gasteiger partial charge in [0.05, 0.1) is 18.9 Å². The van der Waals surface area contributed by atoms with Crippen LogP contribution in [0.3, 0.4) is 0 Å². The number of halogens is 1. The van der Waals surface area contributed by atoms with Gasteiger partial charge in [0.25, 0.3) is 0 Å². The van der Waals surface area contributed by atoms with Crippen LogP contribution in [0.25, 0.3) is 0 Å². The number of carbonyl (C=O) groups is 1. The largest absolute Gasteiger partial charge is 0.378 e. The average molecular weight is 335 g/mol. The molecule has 23 heavy (non-hydrogen) atoms. The molecule has 1 aromatic heterocycles. The Kier molecular flexibility index (Phi) is 5.00. The zero-order valence-corrected chi connectivity index (χ0v) is 13.6. The Labute approximate surface area is 137 Å². The topological polar surface area (TPSA) is 63.2 Å². The number of aromatic nitrogens is 1. The molecule has 2 N–H and O–H groups in total. The summed E-state index contributed by atoms with van der Waals surface area (Å²) in [6, 6.07) is 6.33. The molecule has 3 rings (SSSR count). The number of morpholine rings is 1. The molecular weight excluding hydrogens is 317 g/mol. The Hall–Kier alpha value is -1.83. The standard InChI is InChI=1S/C16H18FN3O2S/c1-10-14(8-11-4-2-3-5-12(11)17)23-16(19-10)20-15(21)13-9-22-7-6-18-13/h2-5,13,18H,6-9H2,1H3,(H,19,20,21). The van der Waals surface area contributed by atoms with Crippen molar-refractivity contribution in [1.82, 2.24) is 10.3 Å². The minimum atomic E-state index is -0.358. The van der Waals surface area contributed by atoms with E-state index in [0.29, 0.717) is 36.9 Å². The van der Waals surface area contributed by atoms with Gasteiger partial charge in [0.15, 0.2) is 5.13 Å². The van der Waals surface area contributed by atoms with Crippen LogP contribution in [0.5, 0.6) is 0 Å². The van der Waals surface area contributed by atoms with E-state index in [9.17, 15) is 9.18 Å². The van der Waals surface area contributed by atoms with Crippen LogP contribution in [-0.2, 0) is 16.0 Å². The summed E-state index contributed by atoms with van der Waals surface area (Å²) in [5.41, 5.74) is 1.43. The maximum atomic E-state index is 13.8. The quantitative estimate of drug-likeness (QED) is 0.898. The Morgan fingerprint density at radius 2 is 2.35 bits per heavy atom. The van der Waals surface area contributed by atoms with Crippen molar-refractivity contribution in [1.29, 1.82) is 0 Å². The summed E-state index contributed by atoms with van der Waals surface area (Å²) in [5, 5.41) is 6.44. The molecule has 1 saturated heterocycles. The summed E-state index contributed by atoms with van der Waals surface area (Å²) in [6.45, 7) is 3.50. The van der Waals surface area contributed by atoms with Crippen molar-refractivity contribution in [3.05, 3.63) is 46.2 Å². The lowest BCUT2D eigenvalue weighted by Gasteiger charge is -2.22. The van der Waals surface area contributed by atoms with Crippen molar-refractivity contribution in [3.63, 3.8) is 0 Å². The van der Waals surface area contributed by atoms with E-state index in [1.165, 1.54) is 17.4 Å². The molecule has 122 valence electrons. The predicted molar refractivity (Wildman–Crippen MR) is 87.3 cm³/mol. The number of nitrogens with zero attached hydrogens (tertiary/aromatic N) is 1. The highest BCUT2D eigenvalue weighted by Crippen LogP contribution is 2.26. The van der Waals surface area contributed by atoms with Gasteiger partial charge in [0, 0.05) is 17.8 Å². The Morgan fingerprint density at radius 1 is 1.52 bits per heavy atom. The van der Waals surface area contributed by atoms with Gasteiger partial charge in [-0.1, -0.05) is 18.2 Å². The first-order chi connectivity index (χ1) is 11.1. The molecule has 5 nitrogen and oxygen atoms in total. The van der Waals surface area contributed by atoms with E-state index >= 15 is 0 Å². The number of thiazole rings is 1. The predicted octanol–water partition coefficient (Wildman–Crippen LogP) is 2.11. The van der Waals surface area contributed by atoms with E-state index in [2.05, 4.69) is 15.6 Å². The molecule has 1 aliphatic rings. The van der Waals surface area contributed by atoms with E-state index in [-0.39, 0.29) is 17.8 Å². The van der Waals surface area contributed by atoms with Crippen LogP contribution < -0.4 is 10.6 Å². The fraction of sp³-hybridized carbons (Fsp3) is 0.375. The van der Waals surface area contributed by atoms with Gasteiger partial charge in [-0.25, -0.2) is 9.37 Å². The fourth-order valence-corrected chi connectivity index (χ4v) is 3.38. The molecule has 0 aliphatic carbocycles. The summed E-state index contributed by atoms with van der Waals surface area (Å²) < 4.78 is 19.0. The van der Waals surface area contributed by atoms with Crippen molar-refractivity contribution in [2.75, 3.05) is 25.1 Å². The van der Waals surface area contributed by atoms with Crippen LogP contribution in [0.1, 0.15) is 16.1 Å². The number of hydrogen-bond donors (Lipinski definition) is 2. The van der Waals surface area contributed by atoms with Crippen molar-refractivity contribution in [3.8, 4) is 0 Å². The Bertz CT molecular complexity index is 698. The first-order valence-electron chi connectivity index (χ1n) is 7.45. The van der Waals surface area contributed by atoms with Crippen molar-refractivity contribution in [2.24, 2.45) is 0 Å². The second-order valence-electron chi connectivity index (χ2n) is 5.37. The molecule has 1 amide bonds. The maximum Gasteiger partial charge on any atom is 0.245 e. The second kappa shape index (κ2) is 7.16. The lowest BCUT2D eigenvalue weighted by molar-refractivity contribution is -0.120. The van der Waals surface area contributed by atoms with E-state index in [1.54, 1.807) is 12.1 Å². The van der Waals surface area contributed by atoms with E-state index in [1.807, 2.05) is 13.0 Å².